The lowest BCUT2D eigenvalue weighted by Gasteiger charge is -2.40. The Morgan fingerprint density at radius 1 is 0.909 bits per heavy atom. The summed E-state index contributed by atoms with van der Waals surface area (Å²) in [6, 6.07) is 31.4. The van der Waals surface area contributed by atoms with Crippen molar-refractivity contribution in [2.45, 2.75) is 49.8 Å². The van der Waals surface area contributed by atoms with Gasteiger partial charge in [-0.2, -0.15) is 0 Å². The van der Waals surface area contributed by atoms with Gasteiger partial charge in [0.25, 0.3) is 0 Å². The zero-order valence-corrected chi connectivity index (χ0v) is 21.3. The minimum absolute atomic E-state index is 0.147. The van der Waals surface area contributed by atoms with E-state index in [1.807, 2.05) is 18.8 Å². The van der Waals surface area contributed by atoms with E-state index in [2.05, 4.69) is 129 Å². The van der Waals surface area contributed by atoms with Gasteiger partial charge in [0.15, 0.2) is 0 Å². The van der Waals surface area contributed by atoms with Crippen LogP contribution in [0.25, 0.3) is 0 Å². The number of hydrogen-bond donors (Lipinski definition) is 1. The molecule has 4 rings (SSSR count). The number of nitrogens with one attached hydrogen (secondary N) is 1. The van der Waals surface area contributed by atoms with Crippen LogP contribution in [0.1, 0.15) is 49.8 Å². The number of hydrogen-bond acceptors (Lipinski definition) is 3. The lowest BCUT2D eigenvalue weighted by Crippen LogP contribution is -2.32. The zero-order valence-electron chi connectivity index (χ0n) is 20.5. The Labute approximate surface area is 204 Å². The van der Waals surface area contributed by atoms with E-state index in [4.69, 9.17) is 0 Å². The fourth-order valence-electron chi connectivity index (χ4n) is 5.18. The minimum Gasteiger partial charge on any atom is -0.388 e. The van der Waals surface area contributed by atoms with Crippen molar-refractivity contribution < 1.29 is 0 Å². The normalized spacial score (nSPS) is 21.4. The molecule has 0 bridgehead atoms. The first-order valence-electron chi connectivity index (χ1n) is 11.9. The van der Waals surface area contributed by atoms with Crippen LogP contribution in [0.15, 0.2) is 96.0 Å². The molecular formula is C30H36N2S. The van der Waals surface area contributed by atoms with Gasteiger partial charge in [-0.15, -0.1) is 11.8 Å². The van der Waals surface area contributed by atoms with Crippen molar-refractivity contribution in [1.29, 1.82) is 0 Å². The van der Waals surface area contributed by atoms with E-state index in [0.29, 0.717) is 11.3 Å². The molecule has 3 aromatic rings. The molecule has 1 heterocycles. The topological polar surface area (TPSA) is 15.3 Å². The third-order valence-corrected chi connectivity index (χ3v) is 8.82. The largest absolute Gasteiger partial charge is 0.388 e. The molecular weight excluding hydrogens is 420 g/mol. The van der Waals surface area contributed by atoms with Gasteiger partial charge >= 0.3 is 0 Å². The van der Waals surface area contributed by atoms with Gasteiger partial charge in [0.05, 0.1) is 5.03 Å². The highest BCUT2D eigenvalue weighted by Crippen LogP contribution is 2.49. The molecule has 1 fully saturated rings. The quantitative estimate of drug-likeness (QED) is 0.396. The van der Waals surface area contributed by atoms with E-state index >= 15 is 0 Å². The maximum atomic E-state index is 3.47. The number of anilines is 1. The smallest absolute Gasteiger partial charge is 0.0670 e. The van der Waals surface area contributed by atoms with Gasteiger partial charge in [-0.3, -0.25) is 0 Å². The average Bonchev–Trinajstić information content (AvgIpc) is 3.10. The molecule has 0 radical (unpaired) electrons. The molecule has 0 saturated carbocycles. The summed E-state index contributed by atoms with van der Waals surface area (Å²) in [7, 11) is 4.26. The Kier molecular flexibility index (Phi) is 7.19. The van der Waals surface area contributed by atoms with Crippen LogP contribution in [0.2, 0.25) is 0 Å². The van der Waals surface area contributed by atoms with Crippen molar-refractivity contribution >= 4 is 17.4 Å². The van der Waals surface area contributed by atoms with Crippen molar-refractivity contribution in [2.75, 3.05) is 19.4 Å². The Morgan fingerprint density at radius 3 is 1.97 bits per heavy atom. The van der Waals surface area contributed by atoms with Crippen molar-refractivity contribution in [3.63, 3.8) is 0 Å². The van der Waals surface area contributed by atoms with Gasteiger partial charge in [-0.25, -0.2) is 0 Å². The van der Waals surface area contributed by atoms with Crippen LogP contribution in [-0.4, -0.2) is 30.3 Å². The molecule has 1 aliphatic rings. The highest BCUT2D eigenvalue weighted by Gasteiger charge is 2.39. The number of rotatable bonds is 7. The predicted octanol–water partition coefficient (Wildman–Crippen LogP) is 7.51. The number of benzene rings is 3. The van der Waals surface area contributed by atoms with Crippen LogP contribution in [-0.2, 0) is 5.41 Å². The summed E-state index contributed by atoms with van der Waals surface area (Å²) >= 11 is 2.00. The van der Waals surface area contributed by atoms with E-state index in [1.165, 1.54) is 27.4 Å². The van der Waals surface area contributed by atoms with Gasteiger partial charge in [0, 0.05) is 42.4 Å². The second-order valence-corrected chi connectivity index (χ2v) is 10.8. The molecule has 1 N–H and O–H groups in total. The highest BCUT2D eigenvalue weighted by molar-refractivity contribution is 8.03. The lowest BCUT2D eigenvalue weighted by molar-refractivity contribution is 0.355. The van der Waals surface area contributed by atoms with E-state index in [-0.39, 0.29) is 11.3 Å². The SMILES string of the molecule is CNc1ccccc1C(C)(C/C=C1\SC(C)C(C)N1C)C(c1ccccc1)c1ccccc1. The number of para-hydroxylation sites is 1. The Bertz CT molecular complexity index is 1040. The van der Waals surface area contributed by atoms with Crippen LogP contribution in [0, 0.1) is 0 Å². The molecule has 33 heavy (non-hydrogen) atoms. The summed E-state index contributed by atoms with van der Waals surface area (Å²) in [4.78, 5) is 2.44. The molecule has 2 nitrogen and oxygen atoms in total. The van der Waals surface area contributed by atoms with E-state index in [1.54, 1.807) is 0 Å². The van der Waals surface area contributed by atoms with Crippen LogP contribution in [0.3, 0.4) is 0 Å². The molecule has 1 saturated heterocycles. The van der Waals surface area contributed by atoms with Crippen LogP contribution < -0.4 is 5.32 Å². The zero-order chi connectivity index (χ0) is 23.4. The monoisotopic (exact) mass is 456 g/mol. The Balaban J connectivity index is 1.89. The molecule has 0 aliphatic carbocycles. The van der Waals surface area contributed by atoms with Crippen LogP contribution >= 0.6 is 11.8 Å². The van der Waals surface area contributed by atoms with Crippen molar-refractivity contribution in [3.05, 3.63) is 113 Å². The highest BCUT2D eigenvalue weighted by atomic mass is 32.2. The van der Waals surface area contributed by atoms with Gasteiger partial charge in [-0.05, 0) is 36.1 Å². The van der Waals surface area contributed by atoms with Gasteiger partial charge in [-0.1, -0.05) is 98.8 Å². The van der Waals surface area contributed by atoms with E-state index in [9.17, 15) is 0 Å². The summed E-state index contributed by atoms with van der Waals surface area (Å²) < 4.78 is 0. The average molecular weight is 457 g/mol. The maximum Gasteiger partial charge on any atom is 0.0670 e. The molecule has 3 aromatic carbocycles. The Morgan fingerprint density at radius 2 is 1.45 bits per heavy atom. The summed E-state index contributed by atoms with van der Waals surface area (Å²) in [5.41, 5.74) is 5.11. The van der Waals surface area contributed by atoms with Crippen LogP contribution in [0.4, 0.5) is 5.69 Å². The fraction of sp³-hybridized carbons (Fsp3) is 0.333. The minimum atomic E-state index is -0.147. The van der Waals surface area contributed by atoms with Crippen molar-refractivity contribution in [2.24, 2.45) is 0 Å². The van der Waals surface area contributed by atoms with E-state index in [0.717, 1.165) is 6.42 Å². The van der Waals surface area contributed by atoms with Crippen LogP contribution in [0.5, 0.6) is 0 Å². The summed E-state index contributed by atoms with van der Waals surface area (Å²) in [6.07, 6.45) is 3.43. The third-order valence-electron chi connectivity index (χ3n) is 7.36. The fourth-order valence-corrected chi connectivity index (χ4v) is 6.45. The molecule has 0 aromatic heterocycles. The van der Waals surface area contributed by atoms with Crippen molar-refractivity contribution in [3.8, 4) is 0 Å². The predicted molar refractivity (Wildman–Crippen MR) is 145 cm³/mol. The van der Waals surface area contributed by atoms with E-state index < -0.39 is 0 Å². The lowest BCUT2D eigenvalue weighted by atomic mass is 9.64. The van der Waals surface area contributed by atoms with Gasteiger partial charge in [0.1, 0.15) is 0 Å². The number of thioether (sulfide) groups is 1. The summed E-state index contributed by atoms with van der Waals surface area (Å²) in [5, 5.41) is 5.47. The molecule has 3 unspecified atom stereocenters. The van der Waals surface area contributed by atoms with Crippen molar-refractivity contribution in [1.82, 2.24) is 4.90 Å². The molecule has 3 heteroatoms. The first-order valence-corrected chi connectivity index (χ1v) is 12.8. The standard InChI is InChI=1S/C30H36N2S/c1-22-23(2)33-28(32(22)5)20-21-30(3,26-18-12-13-19-27(26)31-4)29(24-14-8-6-9-15-24)25-16-10-7-11-17-25/h6-20,22-23,29,31H,21H2,1-5H3/b28-20-. The van der Waals surface area contributed by atoms with Gasteiger partial charge in [0.2, 0.25) is 0 Å². The number of nitrogens with zero attached hydrogens (tertiary/aromatic N) is 1. The molecule has 3 atom stereocenters. The molecule has 0 spiro atoms. The number of allylic oxidation sites excluding steroid dienone is 1. The first-order chi connectivity index (χ1) is 16.0. The Hall–Kier alpha value is -2.65. The second kappa shape index (κ2) is 10.1. The maximum absolute atomic E-state index is 3.47. The van der Waals surface area contributed by atoms with Gasteiger partial charge < -0.3 is 10.2 Å². The first kappa shape index (κ1) is 23.5. The second-order valence-electron chi connectivity index (χ2n) is 9.39. The third kappa shape index (κ3) is 4.70. The summed E-state index contributed by atoms with van der Waals surface area (Å²) in [6.45, 7) is 7.10. The summed E-state index contributed by atoms with van der Waals surface area (Å²) in [5.74, 6) is 0.220. The molecule has 0 amide bonds. The molecule has 172 valence electrons. The molecule has 1 aliphatic heterocycles.